The van der Waals surface area contributed by atoms with E-state index < -0.39 is 0 Å². The first-order chi connectivity index (χ1) is 8.25. The second-order valence-corrected chi connectivity index (χ2v) is 4.64. The van der Waals surface area contributed by atoms with Gasteiger partial charge in [-0.05, 0) is 43.5 Å². The van der Waals surface area contributed by atoms with Crippen molar-refractivity contribution in [1.29, 1.82) is 0 Å². The molecule has 2 rings (SSSR count). The summed E-state index contributed by atoms with van der Waals surface area (Å²) >= 11 is 0. The van der Waals surface area contributed by atoms with Gasteiger partial charge in [0.25, 0.3) is 0 Å². The smallest absolute Gasteiger partial charge is 0.137 e. The van der Waals surface area contributed by atoms with Crippen LogP contribution in [-0.4, -0.2) is 18.9 Å². The summed E-state index contributed by atoms with van der Waals surface area (Å²) in [4.78, 5) is 11.9. The monoisotopic (exact) mass is 235 g/mol. The minimum atomic E-state index is -0.225. The lowest BCUT2D eigenvalue weighted by Crippen LogP contribution is -2.34. The topological polar surface area (TPSA) is 29.1 Å². The van der Waals surface area contributed by atoms with Crippen LogP contribution in [0.1, 0.15) is 24.8 Å². The van der Waals surface area contributed by atoms with E-state index in [0.717, 1.165) is 37.9 Å². The summed E-state index contributed by atoms with van der Waals surface area (Å²) in [6.45, 7) is 1.85. The van der Waals surface area contributed by atoms with Crippen molar-refractivity contribution < 1.29 is 9.18 Å². The minimum Gasteiger partial charge on any atom is -0.316 e. The Morgan fingerprint density at radius 1 is 1.35 bits per heavy atom. The lowest BCUT2D eigenvalue weighted by Gasteiger charge is -2.21. The van der Waals surface area contributed by atoms with Gasteiger partial charge in [0.1, 0.15) is 11.6 Å². The molecule has 1 aliphatic rings. The zero-order valence-electron chi connectivity index (χ0n) is 9.92. The van der Waals surface area contributed by atoms with Gasteiger partial charge in [-0.1, -0.05) is 12.1 Å². The molecule has 3 heteroatoms. The predicted octanol–water partition coefficient (Wildman–Crippen LogP) is 2.33. The number of ketones is 1. The van der Waals surface area contributed by atoms with E-state index in [1.165, 1.54) is 12.1 Å². The van der Waals surface area contributed by atoms with E-state index in [9.17, 15) is 9.18 Å². The third kappa shape index (κ3) is 3.63. The number of hydrogen-bond donors (Lipinski definition) is 1. The van der Waals surface area contributed by atoms with Gasteiger partial charge in [0.15, 0.2) is 0 Å². The molecule has 1 unspecified atom stereocenters. The van der Waals surface area contributed by atoms with Crippen LogP contribution in [0.15, 0.2) is 24.3 Å². The Hall–Kier alpha value is -1.22. The Bertz CT molecular complexity index is 368. The van der Waals surface area contributed by atoms with E-state index in [1.54, 1.807) is 12.1 Å². The average Bonchev–Trinajstić information content (AvgIpc) is 2.39. The fourth-order valence-corrected chi connectivity index (χ4v) is 2.25. The maximum atomic E-state index is 12.7. The van der Waals surface area contributed by atoms with Gasteiger partial charge in [-0.15, -0.1) is 0 Å². The third-order valence-electron chi connectivity index (χ3n) is 3.33. The molecule has 1 N–H and O–H groups in total. The maximum Gasteiger partial charge on any atom is 0.137 e. The molecule has 1 heterocycles. The second kappa shape index (κ2) is 5.92. The van der Waals surface area contributed by atoms with Crippen LogP contribution in [0, 0.1) is 11.7 Å². The van der Waals surface area contributed by atoms with Crippen molar-refractivity contribution in [3.63, 3.8) is 0 Å². The second-order valence-electron chi connectivity index (χ2n) is 4.64. The molecule has 2 nitrogen and oxygen atoms in total. The molecule has 0 bridgehead atoms. The highest BCUT2D eigenvalue weighted by Crippen LogP contribution is 2.14. The number of piperidine rings is 1. The quantitative estimate of drug-likeness (QED) is 0.867. The Labute approximate surface area is 101 Å². The SMILES string of the molecule is O=C(CCc1ccc(F)cc1)C1CCCNC1. The van der Waals surface area contributed by atoms with Crippen molar-refractivity contribution in [3.05, 3.63) is 35.6 Å². The molecule has 0 saturated carbocycles. The van der Waals surface area contributed by atoms with E-state index >= 15 is 0 Å². The van der Waals surface area contributed by atoms with Crippen LogP contribution in [0.4, 0.5) is 4.39 Å². The summed E-state index contributed by atoms with van der Waals surface area (Å²) in [7, 11) is 0. The van der Waals surface area contributed by atoms with Crippen LogP contribution in [0.5, 0.6) is 0 Å². The normalized spacial score (nSPS) is 20.2. The number of carbonyl (C=O) groups excluding carboxylic acids is 1. The molecule has 0 spiro atoms. The molecule has 1 atom stereocenters. The van der Waals surface area contributed by atoms with Crippen LogP contribution in [-0.2, 0) is 11.2 Å². The number of carbonyl (C=O) groups is 1. The highest BCUT2D eigenvalue weighted by atomic mass is 19.1. The maximum absolute atomic E-state index is 12.7. The number of Topliss-reactive ketones (excluding diaryl/α,β-unsaturated/α-hetero) is 1. The number of hydrogen-bond acceptors (Lipinski definition) is 2. The van der Waals surface area contributed by atoms with Crippen molar-refractivity contribution in [2.75, 3.05) is 13.1 Å². The van der Waals surface area contributed by atoms with Gasteiger partial charge in [-0.3, -0.25) is 4.79 Å². The van der Waals surface area contributed by atoms with Crippen molar-refractivity contribution in [2.45, 2.75) is 25.7 Å². The third-order valence-corrected chi connectivity index (χ3v) is 3.33. The highest BCUT2D eigenvalue weighted by molar-refractivity contribution is 5.81. The Balaban J connectivity index is 1.81. The lowest BCUT2D eigenvalue weighted by molar-refractivity contribution is -0.123. The Kier molecular flexibility index (Phi) is 4.26. The van der Waals surface area contributed by atoms with E-state index in [4.69, 9.17) is 0 Å². The van der Waals surface area contributed by atoms with Crippen LogP contribution in [0.25, 0.3) is 0 Å². The molecule has 1 aliphatic heterocycles. The predicted molar refractivity (Wildman–Crippen MR) is 65.3 cm³/mol. The highest BCUT2D eigenvalue weighted by Gasteiger charge is 2.20. The first-order valence-corrected chi connectivity index (χ1v) is 6.23. The molecule has 0 radical (unpaired) electrons. The molecule has 92 valence electrons. The molecular formula is C14H18FNO. The Morgan fingerprint density at radius 3 is 2.76 bits per heavy atom. The van der Waals surface area contributed by atoms with Gasteiger partial charge in [0.05, 0.1) is 0 Å². The standard InChI is InChI=1S/C14H18FNO/c15-13-6-3-11(4-7-13)5-8-14(17)12-2-1-9-16-10-12/h3-4,6-7,12,16H,1-2,5,8-10H2. The number of halogens is 1. The summed E-state index contributed by atoms with van der Waals surface area (Å²) in [6.07, 6.45) is 3.38. The van der Waals surface area contributed by atoms with E-state index in [-0.39, 0.29) is 11.7 Å². The lowest BCUT2D eigenvalue weighted by atomic mass is 9.92. The number of aryl methyl sites for hydroxylation is 1. The van der Waals surface area contributed by atoms with E-state index in [2.05, 4.69) is 5.32 Å². The van der Waals surface area contributed by atoms with Gasteiger partial charge in [-0.25, -0.2) is 4.39 Å². The zero-order valence-corrected chi connectivity index (χ0v) is 9.92. The first-order valence-electron chi connectivity index (χ1n) is 6.23. The van der Waals surface area contributed by atoms with Gasteiger partial charge in [0, 0.05) is 18.9 Å². The Morgan fingerprint density at radius 2 is 2.12 bits per heavy atom. The van der Waals surface area contributed by atoms with E-state index in [0.29, 0.717) is 12.2 Å². The number of benzene rings is 1. The van der Waals surface area contributed by atoms with Gasteiger partial charge < -0.3 is 5.32 Å². The van der Waals surface area contributed by atoms with Crippen LogP contribution in [0.3, 0.4) is 0 Å². The molecule has 1 saturated heterocycles. The van der Waals surface area contributed by atoms with Crippen molar-refractivity contribution in [2.24, 2.45) is 5.92 Å². The fourth-order valence-electron chi connectivity index (χ4n) is 2.25. The average molecular weight is 235 g/mol. The summed E-state index contributed by atoms with van der Waals surface area (Å²) in [5.74, 6) is 0.294. The molecule has 1 fully saturated rings. The van der Waals surface area contributed by atoms with Gasteiger partial charge >= 0.3 is 0 Å². The minimum absolute atomic E-state index is 0.184. The molecule has 1 aromatic rings. The molecule has 17 heavy (non-hydrogen) atoms. The van der Waals surface area contributed by atoms with Crippen molar-refractivity contribution >= 4 is 5.78 Å². The van der Waals surface area contributed by atoms with Crippen LogP contribution in [0.2, 0.25) is 0 Å². The number of nitrogens with one attached hydrogen (secondary N) is 1. The molecular weight excluding hydrogens is 217 g/mol. The van der Waals surface area contributed by atoms with Crippen molar-refractivity contribution in [1.82, 2.24) is 5.32 Å². The summed E-state index contributed by atoms with van der Waals surface area (Å²) in [5.41, 5.74) is 1.03. The van der Waals surface area contributed by atoms with Crippen LogP contribution < -0.4 is 5.32 Å². The largest absolute Gasteiger partial charge is 0.316 e. The molecule has 1 aromatic carbocycles. The summed E-state index contributed by atoms with van der Waals surface area (Å²) in [6, 6.07) is 6.40. The van der Waals surface area contributed by atoms with Crippen LogP contribution >= 0.6 is 0 Å². The van der Waals surface area contributed by atoms with Crippen molar-refractivity contribution in [3.8, 4) is 0 Å². The molecule has 0 amide bonds. The van der Waals surface area contributed by atoms with Gasteiger partial charge in [-0.2, -0.15) is 0 Å². The summed E-state index contributed by atoms with van der Waals surface area (Å²) in [5, 5.41) is 3.25. The number of rotatable bonds is 4. The summed E-state index contributed by atoms with van der Waals surface area (Å²) < 4.78 is 12.7. The van der Waals surface area contributed by atoms with Gasteiger partial charge in [0.2, 0.25) is 0 Å². The zero-order chi connectivity index (χ0) is 12.1. The van der Waals surface area contributed by atoms with E-state index in [1.807, 2.05) is 0 Å². The molecule has 0 aliphatic carbocycles. The molecule has 0 aromatic heterocycles. The first kappa shape index (κ1) is 12.2. The fraction of sp³-hybridized carbons (Fsp3) is 0.500.